The summed E-state index contributed by atoms with van der Waals surface area (Å²) in [5, 5.41) is 10.7. The fraction of sp³-hybridized carbons (Fsp3) is 0.560. The summed E-state index contributed by atoms with van der Waals surface area (Å²) in [7, 11) is 2.95. The van der Waals surface area contributed by atoms with Crippen LogP contribution in [0.1, 0.15) is 50.0 Å². The molecule has 1 saturated heterocycles. The molecule has 1 N–H and O–H groups in total. The van der Waals surface area contributed by atoms with E-state index in [0.29, 0.717) is 17.7 Å². The molecule has 0 radical (unpaired) electrons. The molecule has 3 rings (SSSR count). The number of hydrogen-bond acceptors (Lipinski definition) is 8. The Bertz CT molecular complexity index is 939. The fourth-order valence-corrected chi connectivity index (χ4v) is 3.85. The lowest BCUT2D eigenvalue weighted by molar-refractivity contribution is -0.152. The topological polar surface area (TPSA) is 92.7 Å². The highest BCUT2D eigenvalue weighted by molar-refractivity contribution is 5.97. The summed E-state index contributed by atoms with van der Waals surface area (Å²) in [6, 6.07) is 3.19. The zero-order valence-electron chi connectivity index (χ0n) is 20.4. The van der Waals surface area contributed by atoms with E-state index in [1.807, 2.05) is 0 Å². The minimum atomic E-state index is -2.07. The molecule has 0 aromatic heterocycles. The van der Waals surface area contributed by atoms with E-state index in [9.17, 15) is 9.90 Å². The van der Waals surface area contributed by atoms with Gasteiger partial charge in [0.05, 0.1) is 13.2 Å². The van der Waals surface area contributed by atoms with Gasteiger partial charge in [-0.2, -0.15) is 0 Å². The Labute approximate surface area is 199 Å². The summed E-state index contributed by atoms with van der Waals surface area (Å²) in [6.45, 7) is 6.10. The van der Waals surface area contributed by atoms with E-state index >= 15 is 4.39 Å². The van der Waals surface area contributed by atoms with Crippen molar-refractivity contribution in [3.63, 3.8) is 0 Å². The number of carbonyl (C=O) groups excluding carboxylic acids is 1. The van der Waals surface area contributed by atoms with Crippen molar-refractivity contribution in [2.75, 3.05) is 21.0 Å². The molecule has 5 atom stereocenters. The van der Waals surface area contributed by atoms with Crippen molar-refractivity contribution in [3.8, 4) is 11.5 Å². The van der Waals surface area contributed by atoms with E-state index in [2.05, 4.69) is 0 Å². The number of aliphatic hydroxyl groups excluding tert-OH is 1. The minimum Gasteiger partial charge on any atom is -0.497 e. The van der Waals surface area contributed by atoms with Gasteiger partial charge in [-0.05, 0) is 51.8 Å². The van der Waals surface area contributed by atoms with Gasteiger partial charge in [0, 0.05) is 13.2 Å². The van der Waals surface area contributed by atoms with Gasteiger partial charge in [-0.25, -0.2) is 9.18 Å². The molecule has 2 aliphatic rings. The molecular formula is C25H33FO8. The van der Waals surface area contributed by atoms with Gasteiger partial charge < -0.3 is 33.5 Å². The summed E-state index contributed by atoms with van der Waals surface area (Å²) in [4.78, 5) is 13.2. The summed E-state index contributed by atoms with van der Waals surface area (Å²) < 4.78 is 48.7. The number of hydrogen-bond donors (Lipinski definition) is 1. The van der Waals surface area contributed by atoms with Crippen LogP contribution in [-0.4, -0.2) is 68.0 Å². The van der Waals surface area contributed by atoms with Crippen molar-refractivity contribution < 1.29 is 42.7 Å². The zero-order chi connectivity index (χ0) is 25.1. The van der Waals surface area contributed by atoms with E-state index in [1.165, 1.54) is 46.3 Å². The van der Waals surface area contributed by atoms with Gasteiger partial charge in [0.25, 0.3) is 0 Å². The van der Waals surface area contributed by atoms with Crippen molar-refractivity contribution in [1.29, 1.82) is 0 Å². The highest BCUT2D eigenvalue weighted by Crippen LogP contribution is 2.35. The number of methoxy groups -OCH3 is 2. The molecule has 2 heterocycles. The second-order valence-electron chi connectivity index (χ2n) is 8.97. The predicted molar refractivity (Wildman–Crippen MR) is 123 cm³/mol. The maximum absolute atomic E-state index is 15.4. The Hall–Kier alpha value is -2.46. The second kappa shape index (κ2) is 10.4. The molecule has 188 valence electrons. The molecule has 0 spiro atoms. The fourth-order valence-electron chi connectivity index (χ4n) is 3.85. The average molecular weight is 481 g/mol. The summed E-state index contributed by atoms with van der Waals surface area (Å²) >= 11 is 0. The van der Waals surface area contributed by atoms with Gasteiger partial charge >= 0.3 is 5.97 Å². The second-order valence-corrected chi connectivity index (χ2v) is 8.97. The van der Waals surface area contributed by atoms with Crippen LogP contribution in [-0.2, 0) is 18.9 Å². The lowest BCUT2D eigenvalue weighted by Gasteiger charge is -2.26. The van der Waals surface area contributed by atoms with Crippen LogP contribution in [0.25, 0.3) is 6.08 Å². The van der Waals surface area contributed by atoms with E-state index in [-0.39, 0.29) is 18.1 Å². The van der Waals surface area contributed by atoms with Gasteiger partial charge in [0.1, 0.15) is 35.4 Å². The van der Waals surface area contributed by atoms with Crippen LogP contribution >= 0.6 is 0 Å². The third-order valence-corrected chi connectivity index (χ3v) is 5.80. The standard InChI is InChI=1S/C25H33FO8/c1-15-25(4,26)11-10-18(27)22-19(33-24(2,3)34-22)9-7-8-16-12-17(30-6)13-20(31-14-29-5)21(16)23(28)32-15/h7-8,10-13,15,18-19,22,27H,9,14H2,1-6H3/b8-7+,11-10-/t15?,18?,19-,22+,25?/m0/s1. The lowest BCUT2D eigenvalue weighted by Crippen LogP contribution is -2.37. The number of rotatable bonds is 4. The van der Waals surface area contributed by atoms with Crippen molar-refractivity contribution in [2.45, 2.75) is 70.0 Å². The van der Waals surface area contributed by atoms with Crippen molar-refractivity contribution in [3.05, 3.63) is 41.5 Å². The summed E-state index contributed by atoms with van der Waals surface area (Å²) in [5.74, 6) is -1.06. The molecule has 1 aromatic rings. The number of esters is 1. The van der Waals surface area contributed by atoms with Crippen LogP contribution in [0.5, 0.6) is 11.5 Å². The molecular weight excluding hydrogens is 447 g/mol. The number of aliphatic hydroxyl groups is 1. The van der Waals surface area contributed by atoms with Gasteiger partial charge in [0.2, 0.25) is 0 Å². The third kappa shape index (κ3) is 5.96. The maximum atomic E-state index is 15.4. The summed E-state index contributed by atoms with van der Waals surface area (Å²) in [5.41, 5.74) is -1.51. The largest absolute Gasteiger partial charge is 0.497 e. The molecule has 3 unspecified atom stereocenters. The van der Waals surface area contributed by atoms with Crippen molar-refractivity contribution in [1.82, 2.24) is 0 Å². The Balaban J connectivity index is 2.10. The first-order valence-electron chi connectivity index (χ1n) is 11.1. The molecule has 9 heteroatoms. The normalized spacial score (nSPS) is 33.1. The van der Waals surface area contributed by atoms with Crippen molar-refractivity contribution in [2.24, 2.45) is 0 Å². The Morgan fingerprint density at radius 2 is 1.94 bits per heavy atom. The highest BCUT2D eigenvalue weighted by atomic mass is 19.1. The van der Waals surface area contributed by atoms with Gasteiger partial charge in [-0.15, -0.1) is 0 Å². The van der Waals surface area contributed by atoms with E-state index in [4.69, 9.17) is 28.4 Å². The summed E-state index contributed by atoms with van der Waals surface area (Å²) in [6.07, 6.45) is 2.87. The Kier molecular flexibility index (Phi) is 8.02. The molecule has 2 aliphatic heterocycles. The van der Waals surface area contributed by atoms with Crippen LogP contribution in [0.3, 0.4) is 0 Å². The van der Waals surface area contributed by atoms with Crippen LogP contribution in [0.15, 0.2) is 30.4 Å². The molecule has 0 saturated carbocycles. The van der Waals surface area contributed by atoms with Gasteiger partial charge in [-0.3, -0.25) is 0 Å². The van der Waals surface area contributed by atoms with Crippen LogP contribution in [0.2, 0.25) is 0 Å². The first kappa shape index (κ1) is 26.2. The average Bonchev–Trinajstić information content (AvgIpc) is 3.09. The molecule has 0 bridgehead atoms. The molecule has 34 heavy (non-hydrogen) atoms. The Morgan fingerprint density at radius 3 is 2.62 bits per heavy atom. The maximum Gasteiger partial charge on any atom is 0.342 e. The first-order valence-corrected chi connectivity index (χ1v) is 11.1. The third-order valence-electron chi connectivity index (χ3n) is 5.80. The highest BCUT2D eigenvalue weighted by Gasteiger charge is 2.44. The minimum absolute atomic E-state index is 0.110. The van der Waals surface area contributed by atoms with Gasteiger partial charge in [-0.1, -0.05) is 18.2 Å². The number of fused-ring (bicyclic) bond motifs is 2. The molecule has 0 amide bonds. The number of ether oxygens (including phenoxy) is 6. The number of alkyl halides is 1. The van der Waals surface area contributed by atoms with E-state index in [0.717, 1.165) is 0 Å². The quantitative estimate of drug-likeness (QED) is 0.395. The molecule has 8 nitrogen and oxygen atoms in total. The van der Waals surface area contributed by atoms with E-state index in [1.54, 1.807) is 32.1 Å². The number of cyclic esters (lactones) is 1. The van der Waals surface area contributed by atoms with Crippen LogP contribution in [0, 0.1) is 0 Å². The van der Waals surface area contributed by atoms with Crippen molar-refractivity contribution >= 4 is 12.0 Å². The predicted octanol–water partition coefficient (Wildman–Crippen LogP) is 3.81. The monoisotopic (exact) mass is 480 g/mol. The molecule has 1 fully saturated rings. The Morgan fingerprint density at radius 1 is 1.21 bits per heavy atom. The lowest BCUT2D eigenvalue weighted by atomic mass is 9.97. The molecule has 1 aromatic carbocycles. The molecule has 0 aliphatic carbocycles. The van der Waals surface area contributed by atoms with Crippen LogP contribution in [0.4, 0.5) is 4.39 Å². The number of benzene rings is 1. The smallest absolute Gasteiger partial charge is 0.342 e. The van der Waals surface area contributed by atoms with E-state index < -0.39 is 41.8 Å². The number of carbonyl (C=O) groups is 1. The number of halogens is 1. The first-order chi connectivity index (χ1) is 16.0. The van der Waals surface area contributed by atoms with Gasteiger partial charge in [0.15, 0.2) is 18.2 Å². The SMILES string of the molecule is COCOc1cc(OC)cc2c1C(=O)OC(C)C(C)(F)/C=C\C(O)[C@H]1OC(C)(C)O[C@H]1C/C=C/2. The zero-order valence-corrected chi connectivity index (χ0v) is 20.4. The van der Waals surface area contributed by atoms with Crippen LogP contribution < -0.4 is 9.47 Å².